The number of methoxy groups -OCH3 is 1. The van der Waals surface area contributed by atoms with E-state index < -0.39 is 5.97 Å². The van der Waals surface area contributed by atoms with Gasteiger partial charge in [-0.3, -0.25) is 9.69 Å². The maximum Gasteiger partial charge on any atom is 0.335 e. The number of benzene rings is 2. The standard InChI is InChI=1S/C19H15IN2O4S/c1-22-17(23)16(10-11-3-8-15(26-2)14(20)9-11)27-19(22)21-13-6-4-12(5-7-13)18(24)25/h3-10H,1-2H3,(H,24,25)/b16-10-,21-19?. The molecular weight excluding hydrogens is 479 g/mol. The van der Waals surface area contributed by atoms with Crippen molar-refractivity contribution in [2.45, 2.75) is 0 Å². The summed E-state index contributed by atoms with van der Waals surface area (Å²) in [6.45, 7) is 0. The first-order chi connectivity index (χ1) is 12.9. The van der Waals surface area contributed by atoms with Crippen molar-refractivity contribution in [3.8, 4) is 5.75 Å². The minimum Gasteiger partial charge on any atom is -0.496 e. The van der Waals surface area contributed by atoms with E-state index in [0.717, 1.165) is 14.9 Å². The number of aliphatic imine (C=N–C) groups is 1. The number of carboxylic acid groups (broad SMARTS) is 1. The van der Waals surface area contributed by atoms with Crippen molar-refractivity contribution in [2.75, 3.05) is 14.2 Å². The third-order valence-electron chi connectivity index (χ3n) is 3.82. The lowest BCUT2D eigenvalue weighted by Crippen LogP contribution is -2.23. The molecule has 1 N–H and O–H groups in total. The minimum absolute atomic E-state index is 0.133. The molecule has 1 saturated heterocycles. The third kappa shape index (κ3) is 4.33. The van der Waals surface area contributed by atoms with Gasteiger partial charge < -0.3 is 9.84 Å². The molecule has 0 atom stereocenters. The molecule has 1 fully saturated rings. The summed E-state index contributed by atoms with van der Waals surface area (Å²) >= 11 is 3.47. The van der Waals surface area contributed by atoms with E-state index >= 15 is 0 Å². The number of likely N-dealkylation sites (N-methyl/N-ethyl adjacent to an activating group) is 1. The zero-order valence-corrected chi connectivity index (χ0v) is 17.4. The number of rotatable bonds is 4. The molecule has 8 heteroatoms. The zero-order valence-electron chi connectivity index (χ0n) is 14.5. The van der Waals surface area contributed by atoms with Crippen LogP contribution in [0.1, 0.15) is 15.9 Å². The first-order valence-corrected chi connectivity index (χ1v) is 9.72. The number of amides is 1. The van der Waals surface area contributed by atoms with Crippen molar-refractivity contribution in [1.29, 1.82) is 0 Å². The molecule has 0 bridgehead atoms. The first kappa shape index (κ1) is 19.4. The number of aromatic carboxylic acids is 1. The van der Waals surface area contributed by atoms with E-state index in [0.29, 0.717) is 15.8 Å². The van der Waals surface area contributed by atoms with Gasteiger partial charge in [-0.2, -0.15) is 0 Å². The summed E-state index contributed by atoms with van der Waals surface area (Å²) in [6, 6.07) is 11.9. The highest BCUT2D eigenvalue weighted by atomic mass is 127. The fourth-order valence-corrected chi connectivity index (χ4v) is 4.11. The number of nitrogens with zero attached hydrogens (tertiary/aromatic N) is 2. The summed E-state index contributed by atoms with van der Waals surface area (Å²) in [4.78, 5) is 29.9. The highest BCUT2D eigenvalue weighted by Gasteiger charge is 2.30. The van der Waals surface area contributed by atoms with E-state index in [1.165, 1.54) is 28.8 Å². The summed E-state index contributed by atoms with van der Waals surface area (Å²) in [6.07, 6.45) is 1.82. The van der Waals surface area contributed by atoms with Gasteiger partial charge in [0.05, 0.1) is 26.8 Å². The molecule has 0 aliphatic carbocycles. The second kappa shape index (κ2) is 8.13. The molecule has 0 aromatic heterocycles. The van der Waals surface area contributed by atoms with Crippen molar-refractivity contribution >= 4 is 63.2 Å². The number of hydrogen-bond donors (Lipinski definition) is 1. The molecule has 6 nitrogen and oxygen atoms in total. The molecule has 1 amide bonds. The Hall–Kier alpha value is -2.33. The molecule has 1 aliphatic rings. The first-order valence-electron chi connectivity index (χ1n) is 7.82. The molecule has 1 aliphatic heterocycles. The lowest BCUT2D eigenvalue weighted by atomic mass is 10.2. The average molecular weight is 494 g/mol. The number of thioether (sulfide) groups is 1. The van der Waals surface area contributed by atoms with Gasteiger partial charge in [-0.25, -0.2) is 9.79 Å². The van der Waals surface area contributed by atoms with Crippen LogP contribution in [-0.2, 0) is 4.79 Å². The molecule has 0 saturated carbocycles. The van der Waals surface area contributed by atoms with Crippen LogP contribution in [0.25, 0.3) is 6.08 Å². The molecule has 1 heterocycles. The van der Waals surface area contributed by atoms with Crippen LogP contribution >= 0.6 is 34.4 Å². The van der Waals surface area contributed by atoms with E-state index in [9.17, 15) is 9.59 Å². The Labute approximate surface area is 174 Å². The van der Waals surface area contributed by atoms with Crippen molar-refractivity contribution < 1.29 is 19.4 Å². The van der Waals surface area contributed by atoms with Gasteiger partial charge in [-0.15, -0.1) is 0 Å². The highest BCUT2D eigenvalue weighted by molar-refractivity contribution is 14.1. The Morgan fingerprint density at radius 2 is 1.96 bits per heavy atom. The summed E-state index contributed by atoms with van der Waals surface area (Å²) in [5, 5.41) is 9.49. The van der Waals surface area contributed by atoms with Gasteiger partial charge in [0.1, 0.15) is 5.75 Å². The van der Waals surface area contributed by atoms with Gasteiger partial charge in [0.2, 0.25) is 0 Å². The summed E-state index contributed by atoms with van der Waals surface area (Å²) < 4.78 is 6.21. The summed E-state index contributed by atoms with van der Waals surface area (Å²) in [5.74, 6) is -0.338. The predicted octanol–water partition coefficient (Wildman–Crippen LogP) is 4.23. The second-order valence-electron chi connectivity index (χ2n) is 5.62. The van der Waals surface area contributed by atoms with E-state index in [1.54, 1.807) is 26.3 Å². The number of carbonyl (C=O) groups excluding carboxylic acids is 1. The lowest BCUT2D eigenvalue weighted by molar-refractivity contribution is -0.121. The van der Waals surface area contributed by atoms with E-state index in [2.05, 4.69) is 27.6 Å². The fraction of sp³-hybridized carbons (Fsp3) is 0.105. The number of amidine groups is 1. The molecule has 2 aromatic carbocycles. The quantitative estimate of drug-likeness (QED) is 0.509. The van der Waals surface area contributed by atoms with Gasteiger partial charge in [-0.1, -0.05) is 6.07 Å². The Bertz CT molecular complexity index is 970. The predicted molar refractivity (Wildman–Crippen MR) is 115 cm³/mol. The number of carboxylic acids is 1. The Kier molecular flexibility index (Phi) is 5.85. The fourth-order valence-electron chi connectivity index (χ4n) is 2.36. The molecule has 0 spiro atoms. The van der Waals surface area contributed by atoms with Crippen LogP contribution < -0.4 is 4.74 Å². The molecule has 3 rings (SSSR count). The van der Waals surface area contributed by atoms with Gasteiger partial charge in [-0.05, 0) is 82.4 Å². The smallest absolute Gasteiger partial charge is 0.335 e. The van der Waals surface area contributed by atoms with Gasteiger partial charge in [0.15, 0.2) is 5.17 Å². The van der Waals surface area contributed by atoms with Crippen LogP contribution in [-0.4, -0.2) is 41.2 Å². The second-order valence-corrected chi connectivity index (χ2v) is 7.79. The number of carbonyl (C=O) groups is 2. The average Bonchev–Trinajstić information content (AvgIpc) is 2.90. The Morgan fingerprint density at radius 1 is 1.26 bits per heavy atom. The maximum atomic E-state index is 12.5. The van der Waals surface area contributed by atoms with Crippen LogP contribution in [0.3, 0.4) is 0 Å². The molecule has 27 heavy (non-hydrogen) atoms. The molecule has 138 valence electrons. The number of halogens is 1. The van der Waals surface area contributed by atoms with Crippen molar-refractivity contribution in [3.63, 3.8) is 0 Å². The molecule has 0 unspecified atom stereocenters. The van der Waals surface area contributed by atoms with Crippen LogP contribution in [0.5, 0.6) is 5.75 Å². The van der Waals surface area contributed by atoms with Crippen LogP contribution in [0.4, 0.5) is 5.69 Å². The normalized spacial score (nSPS) is 17.0. The molecule has 0 radical (unpaired) electrons. The monoisotopic (exact) mass is 494 g/mol. The largest absolute Gasteiger partial charge is 0.496 e. The SMILES string of the molecule is COc1ccc(/C=C2\SC(=Nc3ccc(C(=O)O)cc3)N(C)C2=O)cc1I. The van der Waals surface area contributed by atoms with Crippen molar-refractivity contribution in [3.05, 3.63) is 62.1 Å². The lowest BCUT2D eigenvalue weighted by Gasteiger charge is -2.07. The minimum atomic E-state index is -0.990. The Balaban J connectivity index is 1.85. The third-order valence-corrected chi connectivity index (χ3v) is 5.72. The number of hydrogen-bond acceptors (Lipinski definition) is 5. The van der Waals surface area contributed by atoms with Crippen LogP contribution in [0, 0.1) is 3.57 Å². The maximum absolute atomic E-state index is 12.5. The van der Waals surface area contributed by atoms with Crippen LogP contribution in [0.15, 0.2) is 52.4 Å². The highest BCUT2D eigenvalue weighted by Crippen LogP contribution is 2.34. The molecule has 2 aromatic rings. The van der Waals surface area contributed by atoms with Crippen molar-refractivity contribution in [2.24, 2.45) is 4.99 Å². The van der Waals surface area contributed by atoms with Gasteiger partial charge >= 0.3 is 5.97 Å². The zero-order chi connectivity index (χ0) is 19.6. The summed E-state index contributed by atoms with van der Waals surface area (Å²) in [7, 11) is 3.28. The number of ether oxygens (including phenoxy) is 1. The topological polar surface area (TPSA) is 79.2 Å². The Morgan fingerprint density at radius 3 is 2.56 bits per heavy atom. The van der Waals surface area contributed by atoms with Gasteiger partial charge in [0.25, 0.3) is 5.91 Å². The van der Waals surface area contributed by atoms with Crippen molar-refractivity contribution in [1.82, 2.24) is 4.90 Å². The van der Waals surface area contributed by atoms with Crippen LogP contribution in [0.2, 0.25) is 0 Å². The summed E-state index contributed by atoms with van der Waals surface area (Å²) in [5.41, 5.74) is 1.68. The van der Waals surface area contributed by atoms with Gasteiger partial charge in [0, 0.05) is 7.05 Å². The molecular formula is C19H15IN2O4S. The van der Waals surface area contributed by atoms with E-state index in [-0.39, 0.29) is 11.5 Å². The van der Waals surface area contributed by atoms with E-state index in [1.807, 2.05) is 24.3 Å². The van der Waals surface area contributed by atoms with E-state index in [4.69, 9.17) is 9.84 Å².